The summed E-state index contributed by atoms with van der Waals surface area (Å²) in [6.45, 7) is -0.253. The van der Waals surface area contributed by atoms with Crippen LogP contribution in [0.5, 0.6) is 0 Å². The van der Waals surface area contributed by atoms with Crippen molar-refractivity contribution in [1.29, 1.82) is 5.26 Å². The minimum Gasteiger partial charge on any atom is -0.394 e. The number of benzene rings is 2. The van der Waals surface area contributed by atoms with Gasteiger partial charge in [-0.25, -0.2) is 4.39 Å². The van der Waals surface area contributed by atoms with Gasteiger partial charge in [0.2, 0.25) is 0 Å². The smallest absolute Gasteiger partial charge is 0.255 e. The maximum Gasteiger partial charge on any atom is 0.255 e. The Balaban J connectivity index is 1.69. The second-order valence-electron chi connectivity index (χ2n) is 7.63. The van der Waals surface area contributed by atoms with Crippen LogP contribution in [-0.4, -0.2) is 34.6 Å². The number of rotatable bonds is 4. The molecule has 2 aromatic carbocycles. The molecule has 0 radical (unpaired) electrons. The first-order valence-electron chi connectivity index (χ1n) is 10.0. The third-order valence-electron chi connectivity index (χ3n) is 5.99. The summed E-state index contributed by atoms with van der Waals surface area (Å²) < 4.78 is 13.6. The molecular formula is C24H23FN2O2. The van der Waals surface area contributed by atoms with Crippen molar-refractivity contribution in [1.82, 2.24) is 4.90 Å². The van der Waals surface area contributed by atoms with Crippen molar-refractivity contribution in [2.45, 2.75) is 43.7 Å². The summed E-state index contributed by atoms with van der Waals surface area (Å²) in [6.07, 6.45) is 6.62. The van der Waals surface area contributed by atoms with Gasteiger partial charge in [0.15, 0.2) is 0 Å². The lowest BCUT2D eigenvalue weighted by molar-refractivity contribution is -0.00595. The SMILES string of the molecule is N#C[C@@H]1[C@H](c2ccccc2C2=CCCCC2)[C@H](CO)N1C(=O)c1cccc(F)c1. The van der Waals surface area contributed by atoms with Gasteiger partial charge in [0.1, 0.15) is 11.9 Å². The van der Waals surface area contributed by atoms with Crippen LogP contribution in [0, 0.1) is 17.1 Å². The Kier molecular flexibility index (Phi) is 5.46. The summed E-state index contributed by atoms with van der Waals surface area (Å²) >= 11 is 0. The first kappa shape index (κ1) is 19.4. The number of aliphatic hydroxyl groups is 1. The number of nitriles is 1. The Morgan fingerprint density at radius 1 is 1.21 bits per heavy atom. The van der Waals surface area contributed by atoms with Gasteiger partial charge in [-0.15, -0.1) is 0 Å². The molecular weight excluding hydrogens is 367 g/mol. The van der Waals surface area contributed by atoms with Crippen molar-refractivity contribution < 1.29 is 14.3 Å². The van der Waals surface area contributed by atoms with E-state index < -0.39 is 23.8 Å². The van der Waals surface area contributed by atoms with E-state index in [-0.39, 0.29) is 18.1 Å². The van der Waals surface area contributed by atoms with Crippen LogP contribution in [0.3, 0.4) is 0 Å². The summed E-state index contributed by atoms with van der Waals surface area (Å²) in [7, 11) is 0. The number of nitrogens with zero attached hydrogens (tertiary/aromatic N) is 2. The van der Waals surface area contributed by atoms with E-state index >= 15 is 0 Å². The zero-order valence-corrected chi connectivity index (χ0v) is 16.1. The average Bonchev–Trinajstić information content (AvgIpc) is 2.74. The Hall–Kier alpha value is -2.97. The maximum absolute atomic E-state index is 13.6. The fraction of sp³-hybridized carbons (Fsp3) is 0.333. The minimum atomic E-state index is -0.701. The Bertz CT molecular complexity index is 994. The normalized spacial score (nSPS) is 23.7. The largest absolute Gasteiger partial charge is 0.394 e. The lowest BCUT2D eigenvalue weighted by Crippen LogP contribution is -2.65. The Labute approximate surface area is 169 Å². The molecule has 0 aromatic heterocycles. The number of allylic oxidation sites excluding steroid dienone is 2. The molecule has 1 heterocycles. The van der Waals surface area contributed by atoms with E-state index in [2.05, 4.69) is 18.2 Å². The van der Waals surface area contributed by atoms with E-state index in [0.29, 0.717) is 0 Å². The summed E-state index contributed by atoms with van der Waals surface area (Å²) in [6, 6.07) is 14.4. The highest BCUT2D eigenvalue weighted by Gasteiger charge is 2.52. The van der Waals surface area contributed by atoms with Crippen molar-refractivity contribution in [3.63, 3.8) is 0 Å². The van der Waals surface area contributed by atoms with Crippen LogP contribution < -0.4 is 0 Å². The van der Waals surface area contributed by atoms with Crippen LogP contribution in [0.15, 0.2) is 54.6 Å². The Morgan fingerprint density at radius 2 is 2.03 bits per heavy atom. The summed E-state index contributed by atoms with van der Waals surface area (Å²) in [4.78, 5) is 14.4. The number of carbonyl (C=O) groups is 1. The van der Waals surface area contributed by atoms with Crippen molar-refractivity contribution >= 4 is 11.5 Å². The fourth-order valence-corrected chi connectivity index (χ4v) is 4.59. The van der Waals surface area contributed by atoms with Gasteiger partial charge < -0.3 is 10.0 Å². The van der Waals surface area contributed by atoms with Gasteiger partial charge in [-0.2, -0.15) is 5.26 Å². The predicted molar refractivity (Wildman–Crippen MR) is 108 cm³/mol. The lowest BCUT2D eigenvalue weighted by atomic mass is 9.72. The number of halogens is 1. The fourth-order valence-electron chi connectivity index (χ4n) is 4.59. The van der Waals surface area contributed by atoms with E-state index in [1.165, 1.54) is 41.2 Å². The van der Waals surface area contributed by atoms with E-state index in [9.17, 15) is 19.6 Å². The van der Waals surface area contributed by atoms with Crippen molar-refractivity contribution in [2.75, 3.05) is 6.61 Å². The second-order valence-corrected chi connectivity index (χ2v) is 7.63. The number of carbonyl (C=O) groups excluding carboxylic acids is 1. The number of amides is 1. The first-order valence-corrected chi connectivity index (χ1v) is 10.0. The molecule has 0 saturated carbocycles. The molecule has 148 valence electrons. The van der Waals surface area contributed by atoms with Crippen molar-refractivity contribution in [3.05, 3.63) is 77.1 Å². The molecule has 0 spiro atoms. The van der Waals surface area contributed by atoms with Gasteiger partial charge in [-0.1, -0.05) is 36.4 Å². The number of likely N-dealkylation sites (tertiary alicyclic amines) is 1. The number of aliphatic hydroxyl groups excluding tert-OH is 1. The highest BCUT2D eigenvalue weighted by atomic mass is 19.1. The molecule has 5 heteroatoms. The molecule has 29 heavy (non-hydrogen) atoms. The summed E-state index contributed by atoms with van der Waals surface area (Å²) in [5, 5.41) is 19.9. The zero-order chi connectivity index (χ0) is 20.4. The van der Waals surface area contributed by atoms with Crippen LogP contribution in [0.1, 0.15) is 53.1 Å². The molecule has 1 aliphatic heterocycles. The molecule has 1 amide bonds. The topological polar surface area (TPSA) is 64.3 Å². The molecule has 4 rings (SSSR count). The molecule has 1 N–H and O–H groups in total. The molecule has 2 aliphatic rings. The molecule has 1 saturated heterocycles. The van der Waals surface area contributed by atoms with E-state index in [1.54, 1.807) is 0 Å². The molecule has 4 nitrogen and oxygen atoms in total. The molecule has 3 atom stereocenters. The van der Waals surface area contributed by atoms with Gasteiger partial charge >= 0.3 is 0 Å². The monoisotopic (exact) mass is 390 g/mol. The zero-order valence-electron chi connectivity index (χ0n) is 16.1. The van der Waals surface area contributed by atoms with Crippen LogP contribution in [0.2, 0.25) is 0 Å². The van der Waals surface area contributed by atoms with E-state index in [4.69, 9.17) is 0 Å². The molecule has 2 aromatic rings. The molecule has 1 aliphatic carbocycles. The van der Waals surface area contributed by atoms with Gasteiger partial charge in [-0.05, 0) is 60.6 Å². The predicted octanol–water partition coefficient (Wildman–Crippen LogP) is 4.28. The van der Waals surface area contributed by atoms with Crippen LogP contribution in [0.25, 0.3) is 5.57 Å². The van der Waals surface area contributed by atoms with E-state index in [1.807, 2.05) is 18.2 Å². The third kappa shape index (κ3) is 3.45. The Morgan fingerprint density at radius 3 is 2.72 bits per heavy atom. The second kappa shape index (κ2) is 8.18. The van der Waals surface area contributed by atoms with Gasteiger partial charge in [0, 0.05) is 11.5 Å². The van der Waals surface area contributed by atoms with Crippen LogP contribution in [0.4, 0.5) is 4.39 Å². The standard InChI is InChI=1S/C24H23FN2O2/c25-18-10-6-9-17(13-18)24(29)27-21(14-26)23(22(27)15-28)20-12-5-4-11-19(20)16-7-2-1-3-8-16/h4-7,9-13,21-23,28H,1-3,8,15H2/t21-,22+,23+/m1/s1. The summed E-state index contributed by atoms with van der Waals surface area (Å²) in [5.74, 6) is -1.21. The van der Waals surface area contributed by atoms with Gasteiger partial charge in [0.25, 0.3) is 5.91 Å². The minimum absolute atomic E-state index is 0.186. The first-order chi connectivity index (χ1) is 14.2. The van der Waals surface area contributed by atoms with Gasteiger partial charge in [-0.3, -0.25) is 4.79 Å². The quantitative estimate of drug-likeness (QED) is 0.848. The maximum atomic E-state index is 13.6. The van der Waals surface area contributed by atoms with Gasteiger partial charge in [0.05, 0.1) is 18.7 Å². The van der Waals surface area contributed by atoms with E-state index in [0.717, 1.165) is 30.4 Å². The average molecular weight is 390 g/mol. The molecule has 0 unspecified atom stereocenters. The highest BCUT2D eigenvalue weighted by molar-refractivity contribution is 5.96. The van der Waals surface area contributed by atoms with Crippen LogP contribution >= 0.6 is 0 Å². The van der Waals surface area contributed by atoms with Crippen molar-refractivity contribution in [3.8, 4) is 6.07 Å². The number of hydrogen-bond donors (Lipinski definition) is 1. The third-order valence-corrected chi connectivity index (χ3v) is 5.99. The molecule has 1 fully saturated rings. The number of hydrogen-bond acceptors (Lipinski definition) is 3. The van der Waals surface area contributed by atoms with Crippen molar-refractivity contribution in [2.24, 2.45) is 0 Å². The molecule has 0 bridgehead atoms. The van der Waals surface area contributed by atoms with Crippen LogP contribution in [-0.2, 0) is 0 Å². The summed E-state index contributed by atoms with van der Waals surface area (Å²) in [5.41, 5.74) is 3.56. The highest BCUT2D eigenvalue weighted by Crippen LogP contribution is 2.44. The lowest BCUT2D eigenvalue weighted by Gasteiger charge is -2.52.